The highest BCUT2D eigenvalue weighted by molar-refractivity contribution is 6.31. The van der Waals surface area contributed by atoms with Crippen molar-refractivity contribution >= 4 is 23.2 Å². The number of nitro benzene ring substituents is 1. The SMILES string of the molecule is Cc1c(C(=O)NC(C)c2ccccc2Cl)nnn1-c1cccc([N+](=O)[O-])c1. The third kappa shape index (κ3) is 3.80. The lowest BCUT2D eigenvalue weighted by molar-refractivity contribution is -0.384. The topological polar surface area (TPSA) is 103 Å². The van der Waals surface area contributed by atoms with Gasteiger partial charge in [0, 0.05) is 17.2 Å². The average molecular weight is 386 g/mol. The van der Waals surface area contributed by atoms with Crippen molar-refractivity contribution in [3.05, 3.63) is 80.6 Å². The van der Waals surface area contributed by atoms with E-state index in [1.165, 1.54) is 16.8 Å². The standard InChI is InChI=1S/C18H16ClN5O3/c1-11(15-8-3-4-9-16(15)19)20-18(25)17-12(2)23(22-21-17)13-6-5-7-14(10-13)24(26)27/h3-11H,1-2H3,(H,20,25). The predicted octanol–water partition coefficient (Wildman–Crippen LogP) is 3.63. The lowest BCUT2D eigenvalue weighted by Crippen LogP contribution is -2.27. The van der Waals surface area contributed by atoms with E-state index in [4.69, 9.17) is 11.6 Å². The average Bonchev–Trinajstić information content (AvgIpc) is 3.03. The van der Waals surface area contributed by atoms with Gasteiger partial charge < -0.3 is 5.32 Å². The minimum atomic E-state index is -0.491. The van der Waals surface area contributed by atoms with Crippen LogP contribution < -0.4 is 5.32 Å². The van der Waals surface area contributed by atoms with Crippen molar-refractivity contribution in [2.45, 2.75) is 19.9 Å². The quantitative estimate of drug-likeness (QED) is 0.533. The monoisotopic (exact) mass is 385 g/mol. The number of hydrogen-bond donors (Lipinski definition) is 1. The molecule has 0 aliphatic carbocycles. The third-order valence-corrected chi connectivity index (χ3v) is 4.46. The molecule has 0 aliphatic heterocycles. The number of non-ortho nitro benzene ring substituents is 1. The summed E-state index contributed by atoms with van der Waals surface area (Å²) in [5.41, 5.74) is 1.78. The summed E-state index contributed by atoms with van der Waals surface area (Å²) in [6, 6.07) is 12.9. The summed E-state index contributed by atoms with van der Waals surface area (Å²) in [5.74, 6) is -0.406. The molecule has 27 heavy (non-hydrogen) atoms. The first-order chi connectivity index (χ1) is 12.9. The Balaban J connectivity index is 1.85. The lowest BCUT2D eigenvalue weighted by atomic mass is 10.1. The highest BCUT2D eigenvalue weighted by atomic mass is 35.5. The molecule has 138 valence electrons. The Hall–Kier alpha value is -3.26. The minimum absolute atomic E-state index is 0.0688. The summed E-state index contributed by atoms with van der Waals surface area (Å²) in [5, 5.41) is 22.2. The van der Waals surface area contributed by atoms with Gasteiger partial charge in [-0.1, -0.05) is 41.1 Å². The van der Waals surface area contributed by atoms with Gasteiger partial charge in [-0.25, -0.2) is 4.68 Å². The Bertz CT molecular complexity index is 1020. The third-order valence-electron chi connectivity index (χ3n) is 4.11. The Kier molecular flexibility index (Phi) is 5.18. The van der Waals surface area contributed by atoms with Crippen LogP contribution in [0, 0.1) is 17.0 Å². The van der Waals surface area contributed by atoms with Crippen LogP contribution in [0.15, 0.2) is 48.5 Å². The number of nitrogens with zero attached hydrogens (tertiary/aromatic N) is 4. The largest absolute Gasteiger partial charge is 0.344 e. The van der Waals surface area contributed by atoms with Crippen molar-refractivity contribution in [1.29, 1.82) is 0 Å². The zero-order chi connectivity index (χ0) is 19.6. The van der Waals surface area contributed by atoms with Gasteiger partial charge in [0.1, 0.15) is 0 Å². The van der Waals surface area contributed by atoms with Crippen LogP contribution in [0.1, 0.15) is 34.7 Å². The van der Waals surface area contributed by atoms with E-state index >= 15 is 0 Å². The number of amides is 1. The van der Waals surface area contributed by atoms with Gasteiger partial charge in [-0.2, -0.15) is 0 Å². The smallest absolute Gasteiger partial charge is 0.274 e. The predicted molar refractivity (Wildman–Crippen MR) is 100 cm³/mol. The maximum atomic E-state index is 12.6. The van der Waals surface area contributed by atoms with Crippen LogP contribution in [-0.4, -0.2) is 25.8 Å². The fourth-order valence-electron chi connectivity index (χ4n) is 2.69. The van der Waals surface area contributed by atoms with Crippen molar-refractivity contribution in [2.24, 2.45) is 0 Å². The first-order valence-corrected chi connectivity index (χ1v) is 8.48. The van der Waals surface area contributed by atoms with Crippen molar-refractivity contribution in [1.82, 2.24) is 20.3 Å². The summed E-state index contributed by atoms with van der Waals surface area (Å²) in [4.78, 5) is 23.1. The second-order valence-corrected chi connectivity index (χ2v) is 6.34. The summed E-state index contributed by atoms with van der Waals surface area (Å²) in [7, 11) is 0. The lowest BCUT2D eigenvalue weighted by Gasteiger charge is -2.15. The number of aromatic nitrogens is 3. The zero-order valence-corrected chi connectivity index (χ0v) is 15.3. The molecule has 8 nitrogen and oxygen atoms in total. The van der Waals surface area contributed by atoms with Gasteiger partial charge in [-0.15, -0.1) is 5.10 Å². The number of rotatable bonds is 5. The summed E-state index contributed by atoms with van der Waals surface area (Å²) in [6.45, 7) is 3.49. The maximum Gasteiger partial charge on any atom is 0.274 e. The molecule has 1 amide bonds. The Labute approximate surface area is 159 Å². The van der Waals surface area contributed by atoms with E-state index in [1.807, 2.05) is 25.1 Å². The molecule has 0 spiro atoms. The van der Waals surface area contributed by atoms with Crippen LogP contribution in [0.2, 0.25) is 5.02 Å². The highest BCUT2D eigenvalue weighted by Crippen LogP contribution is 2.23. The minimum Gasteiger partial charge on any atom is -0.344 e. The van der Waals surface area contributed by atoms with Crippen LogP contribution in [0.25, 0.3) is 5.69 Å². The second-order valence-electron chi connectivity index (χ2n) is 5.93. The van der Waals surface area contributed by atoms with E-state index in [9.17, 15) is 14.9 Å². The van der Waals surface area contributed by atoms with Crippen molar-refractivity contribution < 1.29 is 9.72 Å². The van der Waals surface area contributed by atoms with Crippen LogP contribution >= 0.6 is 11.6 Å². The van der Waals surface area contributed by atoms with E-state index < -0.39 is 10.8 Å². The molecule has 1 unspecified atom stereocenters. The summed E-state index contributed by atoms with van der Waals surface area (Å²) < 4.78 is 1.39. The zero-order valence-electron chi connectivity index (χ0n) is 14.6. The van der Waals surface area contributed by atoms with Crippen LogP contribution in [-0.2, 0) is 0 Å². The molecular formula is C18H16ClN5O3. The normalized spacial score (nSPS) is 11.8. The van der Waals surface area contributed by atoms with E-state index in [1.54, 1.807) is 25.1 Å². The van der Waals surface area contributed by atoms with Gasteiger partial charge in [0.05, 0.1) is 22.3 Å². The van der Waals surface area contributed by atoms with Gasteiger partial charge in [-0.05, 0) is 31.5 Å². The fraction of sp³-hybridized carbons (Fsp3) is 0.167. The highest BCUT2D eigenvalue weighted by Gasteiger charge is 2.21. The van der Waals surface area contributed by atoms with Gasteiger partial charge in [0.25, 0.3) is 11.6 Å². The Morgan fingerprint density at radius 3 is 2.70 bits per heavy atom. The Morgan fingerprint density at radius 1 is 1.26 bits per heavy atom. The molecule has 0 radical (unpaired) electrons. The van der Waals surface area contributed by atoms with Crippen LogP contribution in [0.4, 0.5) is 5.69 Å². The molecule has 3 rings (SSSR count). The first-order valence-electron chi connectivity index (χ1n) is 8.11. The Morgan fingerprint density at radius 2 is 2.00 bits per heavy atom. The molecule has 1 atom stereocenters. The molecule has 9 heteroatoms. The summed E-state index contributed by atoms with van der Waals surface area (Å²) >= 11 is 6.17. The number of halogens is 1. The molecule has 1 heterocycles. The van der Waals surface area contributed by atoms with Gasteiger partial charge in [-0.3, -0.25) is 14.9 Å². The molecule has 0 saturated heterocycles. The molecule has 1 N–H and O–H groups in total. The molecule has 0 fully saturated rings. The van der Waals surface area contributed by atoms with Crippen LogP contribution in [0.5, 0.6) is 0 Å². The van der Waals surface area contributed by atoms with Gasteiger partial charge >= 0.3 is 0 Å². The number of carbonyl (C=O) groups excluding carboxylic acids is 1. The van der Waals surface area contributed by atoms with Crippen LogP contribution in [0.3, 0.4) is 0 Å². The van der Waals surface area contributed by atoms with Crippen molar-refractivity contribution in [3.8, 4) is 5.69 Å². The number of benzene rings is 2. The molecule has 0 saturated carbocycles. The van der Waals surface area contributed by atoms with Gasteiger partial charge in [0.15, 0.2) is 5.69 Å². The number of hydrogen-bond acceptors (Lipinski definition) is 5. The molecule has 1 aromatic heterocycles. The maximum absolute atomic E-state index is 12.6. The molecule has 3 aromatic rings. The van der Waals surface area contributed by atoms with E-state index in [0.717, 1.165) is 5.56 Å². The van der Waals surface area contributed by atoms with Crippen molar-refractivity contribution in [2.75, 3.05) is 0 Å². The fourth-order valence-corrected chi connectivity index (χ4v) is 2.99. The van der Waals surface area contributed by atoms with E-state index in [-0.39, 0.29) is 17.4 Å². The molecular weight excluding hydrogens is 370 g/mol. The number of nitro groups is 1. The van der Waals surface area contributed by atoms with Gasteiger partial charge in [0.2, 0.25) is 0 Å². The first kappa shape index (κ1) is 18.5. The molecule has 0 bridgehead atoms. The summed E-state index contributed by atoms with van der Waals surface area (Å²) in [6.07, 6.45) is 0. The van der Waals surface area contributed by atoms with E-state index in [0.29, 0.717) is 16.4 Å². The van der Waals surface area contributed by atoms with E-state index in [2.05, 4.69) is 15.6 Å². The molecule has 2 aromatic carbocycles. The number of nitrogens with one attached hydrogen (secondary N) is 1. The van der Waals surface area contributed by atoms with Crippen molar-refractivity contribution in [3.63, 3.8) is 0 Å². The second kappa shape index (κ2) is 7.55. The molecule has 0 aliphatic rings. The number of carbonyl (C=O) groups is 1.